The molecule has 2 aromatic heterocycles. The summed E-state index contributed by atoms with van der Waals surface area (Å²) in [6, 6.07) is 17.1. The van der Waals surface area contributed by atoms with Crippen LogP contribution in [0.2, 0.25) is 0 Å². The SMILES string of the molecule is CCNc1nc2oc(-c3ccccc3C)c(C(=O)NC)c2cc1-c1cccc(C(=O)NC(C)(C)C)c1. The van der Waals surface area contributed by atoms with Gasteiger partial charge in [0.2, 0.25) is 5.71 Å². The van der Waals surface area contributed by atoms with E-state index in [2.05, 4.69) is 16.0 Å². The van der Waals surface area contributed by atoms with Crippen LogP contribution in [-0.4, -0.2) is 35.9 Å². The Kier molecular flexibility index (Phi) is 6.84. The molecule has 0 aliphatic carbocycles. The van der Waals surface area contributed by atoms with E-state index in [4.69, 9.17) is 9.40 Å². The predicted molar refractivity (Wildman–Crippen MR) is 144 cm³/mol. The fourth-order valence-electron chi connectivity index (χ4n) is 4.15. The largest absolute Gasteiger partial charge is 0.437 e. The number of benzene rings is 2. The van der Waals surface area contributed by atoms with Crippen molar-refractivity contribution < 1.29 is 14.0 Å². The number of furan rings is 1. The number of aryl methyl sites for hydroxylation is 1. The van der Waals surface area contributed by atoms with Crippen LogP contribution in [0, 0.1) is 6.92 Å². The Morgan fingerprint density at radius 3 is 2.39 bits per heavy atom. The van der Waals surface area contributed by atoms with Crippen LogP contribution in [0.5, 0.6) is 0 Å². The molecule has 2 amide bonds. The summed E-state index contributed by atoms with van der Waals surface area (Å²) in [5, 5.41) is 9.65. The Morgan fingerprint density at radius 2 is 1.72 bits per heavy atom. The summed E-state index contributed by atoms with van der Waals surface area (Å²) in [5.74, 6) is 0.689. The molecule has 0 bridgehead atoms. The van der Waals surface area contributed by atoms with Gasteiger partial charge in [0.25, 0.3) is 11.8 Å². The Hall–Kier alpha value is -4.13. The summed E-state index contributed by atoms with van der Waals surface area (Å²) in [5.41, 5.74) is 4.40. The number of amides is 2. The van der Waals surface area contributed by atoms with Crippen LogP contribution < -0.4 is 16.0 Å². The minimum absolute atomic E-state index is 0.153. The summed E-state index contributed by atoms with van der Waals surface area (Å²) in [6.07, 6.45) is 0. The molecular weight excluding hydrogens is 452 g/mol. The zero-order valence-corrected chi connectivity index (χ0v) is 21.6. The maximum atomic E-state index is 13.1. The highest BCUT2D eigenvalue weighted by molar-refractivity contribution is 6.12. The highest BCUT2D eigenvalue weighted by atomic mass is 16.3. The number of nitrogens with one attached hydrogen (secondary N) is 3. The van der Waals surface area contributed by atoms with Crippen LogP contribution >= 0.6 is 0 Å². The van der Waals surface area contributed by atoms with Crippen molar-refractivity contribution in [2.75, 3.05) is 18.9 Å². The molecule has 7 nitrogen and oxygen atoms in total. The van der Waals surface area contributed by atoms with E-state index >= 15 is 0 Å². The molecule has 0 atom stereocenters. The maximum Gasteiger partial charge on any atom is 0.255 e. The van der Waals surface area contributed by atoms with E-state index in [1.807, 2.05) is 83.1 Å². The van der Waals surface area contributed by atoms with E-state index in [1.165, 1.54) is 0 Å². The van der Waals surface area contributed by atoms with Crippen molar-refractivity contribution in [3.63, 3.8) is 0 Å². The standard InChI is InChI=1S/C29H32N4O3/c1-7-31-25-21(18-12-10-13-19(15-18)26(34)33-29(3,4)5)16-22-23(27(35)30-6)24(36-28(22)32-25)20-14-9-8-11-17(20)2/h8-16H,7H2,1-6H3,(H,30,35)(H,31,32)(H,33,34). The molecule has 186 valence electrons. The fourth-order valence-corrected chi connectivity index (χ4v) is 4.15. The average Bonchev–Trinajstić information content (AvgIpc) is 3.20. The number of pyridine rings is 1. The highest BCUT2D eigenvalue weighted by Gasteiger charge is 2.25. The van der Waals surface area contributed by atoms with Gasteiger partial charge in [-0.2, -0.15) is 4.98 Å². The number of carbonyl (C=O) groups is 2. The molecule has 3 N–H and O–H groups in total. The summed E-state index contributed by atoms with van der Waals surface area (Å²) in [6.45, 7) is 10.4. The highest BCUT2D eigenvalue weighted by Crippen LogP contribution is 2.38. The van der Waals surface area contributed by atoms with Gasteiger partial charge in [-0.25, -0.2) is 0 Å². The molecule has 36 heavy (non-hydrogen) atoms. The first kappa shape index (κ1) is 25.0. The quantitative estimate of drug-likeness (QED) is 0.322. The van der Waals surface area contributed by atoms with E-state index in [0.717, 1.165) is 22.3 Å². The second-order valence-electron chi connectivity index (χ2n) is 9.75. The third kappa shape index (κ3) is 4.96. The summed E-state index contributed by atoms with van der Waals surface area (Å²) in [7, 11) is 1.60. The van der Waals surface area contributed by atoms with E-state index in [1.54, 1.807) is 13.1 Å². The van der Waals surface area contributed by atoms with Crippen LogP contribution in [0.1, 0.15) is 54.0 Å². The number of nitrogens with zero attached hydrogens (tertiary/aromatic N) is 1. The molecular formula is C29H32N4O3. The first-order chi connectivity index (χ1) is 17.1. The van der Waals surface area contributed by atoms with Gasteiger partial charge < -0.3 is 20.4 Å². The van der Waals surface area contributed by atoms with Crippen LogP contribution in [0.15, 0.2) is 59.0 Å². The third-order valence-corrected chi connectivity index (χ3v) is 5.80. The van der Waals surface area contributed by atoms with Crippen molar-refractivity contribution in [1.29, 1.82) is 0 Å². The molecule has 0 fully saturated rings. The number of hydrogen-bond donors (Lipinski definition) is 3. The lowest BCUT2D eigenvalue weighted by Crippen LogP contribution is -2.40. The van der Waals surface area contributed by atoms with E-state index in [-0.39, 0.29) is 17.4 Å². The van der Waals surface area contributed by atoms with Crippen molar-refractivity contribution in [2.45, 2.75) is 40.2 Å². The summed E-state index contributed by atoms with van der Waals surface area (Å²) in [4.78, 5) is 30.7. The van der Waals surface area contributed by atoms with Gasteiger partial charge in [0, 0.05) is 35.8 Å². The fraction of sp³-hybridized carbons (Fsp3) is 0.276. The maximum absolute atomic E-state index is 13.1. The lowest BCUT2D eigenvalue weighted by Gasteiger charge is -2.20. The molecule has 7 heteroatoms. The lowest BCUT2D eigenvalue weighted by molar-refractivity contribution is 0.0918. The molecule has 0 radical (unpaired) electrons. The van der Waals surface area contributed by atoms with Gasteiger partial charge >= 0.3 is 0 Å². The van der Waals surface area contributed by atoms with Crippen molar-refractivity contribution in [3.05, 3.63) is 71.3 Å². The van der Waals surface area contributed by atoms with Crippen molar-refractivity contribution in [3.8, 4) is 22.5 Å². The number of carbonyl (C=O) groups excluding carboxylic acids is 2. The van der Waals surface area contributed by atoms with Gasteiger partial charge in [-0.15, -0.1) is 0 Å². The van der Waals surface area contributed by atoms with Gasteiger partial charge in [0.1, 0.15) is 5.82 Å². The Bertz CT molecular complexity index is 1450. The molecule has 4 rings (SSSR count). The van der Waals surface area contributed by atoms with Gasteiger partial charge in [-0.1, -0.05) is 36.4 Å². The minimum Gasteiger partial charge on any atom is -0.437 e. The molecule has 0 aliphatic heterocycles. The molecule has 0 aliphatic rings. The second kappa shape index (κ2) is 9.85. The molecule has 2 heterocycles. The Labute approximate surface area is 211 Å². The molecule has 2 aromatic carbocycles. The normalized spacial score (nSPS) is 11.4. The Morgan fingerprint density at radius 1 is 0.972 bits per heavy atom. The van der Waals surface area contributed by atoms with Crippen molar-refractivity contribution >= 4 is 28.7 Å². The van der Waals surface area contributed by atoms with Crippen molar-refractivity contribution in [1.82, 2.24) is 15.6 Å². The number of aromatic nitrogens is 1. The van der Waals surface area contributed by atoms with Crippen LogP contribution in [0.3, 0.4) is 0 Å². The second-order valence-corrected chi connectivity index (χ2v) is 9.75. The van der Waals surface area contributed by atoms with E-state index < -0.39 is 0 Å². The minimum atomic E-state index is -0.354. The summed E-state index contributed by atoms with van der Waals surface area (Å²) >= 11 is 0. The van der Waals surface area contributed by atoms with Crippen molar-refractivity contribution in [2.24, 2.45) is 0 Å². The van der Waals surface area contributed by atoms with Gasteiger partial charge in [-0.05, 0) is 63.9 Å². The first-order valence-corrected chi connectivity index (χ1v) is 12.1. The van der Waals surface area contributed by atoms with E-state index in [0.29, 0.717) is 40.3 Å². The van der Waals surface area contributed by atoms with Gasteiger partial charge in [-0.3, -0.25) is 9.59 Å². The topological polar surface area (TPSA) is 96.3 Å². The van der Waals surface area contributed by atoms with Gasteiger partial charge in [0.05, 0.1) is 10.9 Å². The third-order valence-electron chi connectivity index (χ3n) is 5.80. The number of anilines is 1. The van der Waals surface area contributed by atoms with Crippen LogP contribution in [0.4, 0.5) is 5.82 Å². The zero-order chi connectivity index (χ0) is 26.0. The van der Waals surface area contributed by atoms with Crippen LogP contribution in [0.25, 0.3) is 33.6 Å². The number of hydrogen-bond acceptors (Lipinski definition) is 5. The zero-order valence-electron chi connectivity index (χ0n) is 21.6. The number of fused-ring (bicyclic) bond motifs is 1. The number of rotatable bonds is 6. The molecule has 4 aromatic rings. The van der Waals surface area contributed by atoms with Crippen LogP contribution in [-0.2, 0) is 0 Å². The summed E-state index contributed by atoms with van der Waals surface area (Å²) < 4.78 is 6.21. The Balaban J connectivity index is 1.94. The monoisotopic (exact) mass is 484 g/mol. The first-order valence-electron chi connectivity index (χ1n) is 12.1. The average molecular weight is 485 g/mol. The van der Waals surface area contributed by atoms with E-state index in [9.17, 15) is 9.59 Å². The molecule has 0 unspecified atom stereocenters. The lowest BCUT2D eigenvalue weighted by atomic mass is 9.98. The molecule has 0 spiro atoms. The van der Waals surface area contributed by atoms with Gasteiger partial charge in [0.15, 0.2) is 5.76 Å². The molecule has 0 saturated heterocycles. The smallest absolute Gasteiger partial charge is 0.255 e. The predicted octanol–water partition coefficient (Wildman–Crippen LogP) is 5.79. The molecule has 0 saturated carbocycles.